The van der Waals surface area contributed by atoms with Crippen LogP contribution in [0.5, 0.6) is 17.2 Å². The number of methoxy groups -OCH3 is 1. The molecule has 170 valence electrons. The second-order valence-corrected chi connectivity index (χ2v) is 10.4. The summed E-state index contributed by atoms with van der Waals surface area (Å²) in [5, 5.41) is 3.22. The maximum absolute atomic E-state index is 12.8. The molecule has 0 bridgehead atoms. The first kappa shape index (κ1) is 23.7. The lowest BCUT2D eigenvalue weighted by Crippen LogP contribution is -2.13. The third-order valence-corrected chi connectivity index (χ3v) is 6.08. The van der Waals surface area contributed by atoms with Crippen molar-refractivity contribution in [2.45, 2.75) is 31.5 Å². The molecule has 0 aliphatic heterocycles. The van der Waals surface area contributed by atoms with Crippen LogP contribution in [0.15, 0.2) is 53.6 Å². The molecule has 0 unspecified atom stereocenters. The SMILES string of the molecule is COCc1cnc(NC(=O)c2cc(Oc3ccc(S(C)(=O)=O)cc3)cc(OC(C)C)c2)s1. The molecule has 32 heavy (non-hydrogen) atoms. The number of nitrogens with zero attached hydrogens (tertiary/aromatic N) is 1. The molecule has 10 heteroatoms. The summed E-state index contributed by atoms with van der Waals surface area (Å²) in [6, 6.07) is 10.9. The summed E-state index contributed by atoms with van der Waals surface area (Å²) in [6.45, 7) is 4.18. The normalized spacial score (nSPS) is 11.4. The van der Waals surface area contributed by atoms with Crippen LogP contribution in [0.2, 0.25) is 0 Å². The third-order valence-electron chi connectivity index (χ3n) is 4.06. The van der Waals surface area contributed by atoms with Crippen molar-refractivity contribution in [1.29, 1.82) is 0 Å². The third kappa shape index (κ3) is 6.52. The van der Waals surface area contributed by atoms with E-state index in [9.17, 15) is 13.2 Å². The fourth-order valence-corrected chi connectivity index (χ4v) is 4.15. The maximum Gasteiger partial charge on any atom is 0.257 e. The van der Waals surface area contributed by atoms with Gasteiger partial charge in [0.05, 0.1) is 22.5 Å². The second-order valence-electron chi connectivity index (χ2n) is 7.22. The van der Waals surface area contributed by atoms with E-state index in [2.05, 4.69) is 10.3 Å². The van der Waals surface area contributed by atoms with Crippen LogP contribution in [-0.2, 0) is 21.2 Å². The highest BCUT2D eigenvalue weighted by Crippen LogP contribution is 2.29. The van der Waals surface area contributed by atoms with Gasteiger partial charge in [-0.2, -0.15) is 0 Å². The molecule has 0 aliphatic carbocycles. The summed E-state index contributed by atoms with van der Waals surface area (Å²) >= 11 is 1.33. The molecule has 0 fully saturated rings. The van der Waals surface area contributed by atoms with Crippen LogP contribution < -0.4 is 14.8 Å². The van der Waals surface area contributed by atoms with Crippen LogP contribution >= 0.6 is 11.3 Å². The van der Waals surface area contributed by atoms with Crippen molar-refractivity contribution in [3.05, 3.63) is 59.1 Å². The van der Waals surface area contributed by atoms with Gasteiger partial charge in [0, 0.05) is 31.2 Å². The Balaban J connectivity index is 1.84. The number of benzene rings is 2. The van der Waals surface area contributed by atoms with E-state index >= 15 is 0 Å². The summed E-state index contributed by atoms with van der Waals surface area (Å²) in [4.78, 5) is 18.1. The number of carbonyl (C=O) groups excluding carboxylic acids is 1. The van der Waals surface area contributed by atoms with E-state index in [-0.39, 0.29) is 16.9 Å². The molecular formula is C22H24N2O6S2. The number of amides is 1. The quantitative estimate of drug-likeness (QED) is 0.484. The lowest BCUT2D eigenvalue weighted by Gasteiger charge is -2.14. The molecule has 0 saturated heterocycles. The number of anilines is 1. The van der Waals surface area contributed by atoms with Crippen LogP contribution in [0.4, 0.5) is 5.13 Å². The zero-order valence-corrected chi connectivity index (χ0v) is 19.7. The standard InChI is InChI=1S/C22H24N2O6S2/c1-14(2)29-17-9-15(21(25)24-22-23-12-19(31-22)13-28-3)10-18(11-17)30-16-5-7-20(8-6-16)32(4,26)27/h5-12,14H,13H2,1-4H3,(H,23,24,25). The second kappa shape index (κ2) is 10.1. The number of ether oxygens (including phenoxy) is 3. The Morgan fingerprint density at radius 1 is 1.09 bits per heavy atom. The molecule has 1 amide bonds. The van der Waals surface area contributed by atoms with E-state index < -0.39 is 9.84 Å². The van der Waals surface area contributed by atoms with Crippen molar-refractivity contribution in [3.8, 4) is 17.2 Å². The minimum absolute atomic E-state index is 0.106. The number of hydrogen-bond acceptors (Lipinski definition) is 8. The van der Waals surface area contributed by atoms with Gasteiger partial charge in [0.2, 0.25) is 0 Å². The van der Waals surface area contributed by atoms with Gasteiger partial charge in [-0.3, -0.25) is 10.1 Å². The lowest BCUT2D eigenvalue weighted by molar-refractivity contribution is 0.102. The van der Waals surface area contributed by atoms with Crippen LogP contribution in [0.3, 0.4) is 0 Å². The van der Waals surface area contributed by atoms with Crippen molar-refractivity contribution >= 4 is 32.2 Å². The fourth-order valence-electron chi connectivity index (χ4n) is 2.74. The number of sulfone groups is 1. The van der Waals surface area contributed by atoms with Crippen molar-refractivity contribution in [2.24, 2.45) is 0 Å². The Labute approximate surface area is 191 Å². The van der Waals surface area contributed by atoms with Gasteiger partial charge in [0.25, 0.3) is 5.91 Å². The minimum atomic E-state index is -3.30. The largest absolute Gasteiger partial charge is 0.491 e. The summed E-state index contributed by atoms with van der Waals surface area (Å²) in [5.41, 5.74) is 0.328. The fraction of sp³-hybridized carbons (Fsp3) is 0.273. The van der Waals surface area contributed by atoms with Gasteiger partial charge < -0.3 is 14.2 Å². The van der Waals surface area contributed by atoms with Gasteiger partial charge in [0.1, 0.15) is 17.2 Å². The Morgan fingerprint density at radius 2 is 1.78 bits per heavy atom. The van der Waals surface area contributed by atoms with E-state index in [0.717, 1.165) is 11.1 Å². The molecular weight excluding hydrogens is 452 g/mol. The Morgan fingerprint density at radius 3 is 2.41 bits per heavy atom. The molecule has 0 aliphatic rings. The lowest BCUT2D eigenvalue weighted by atomic mass is 10.2. The van der Waals surface area contributed by atoms with E-state index in [1.165, 1.54) is 23.5 Å². The van der Waals surface area contributed by atoms with Gasteiger partial charge >= 0.3 is 0 Å². The van der Waals surface area contributed by atoms with Crippen LogP contribution in [0.1, 0.15) is 29.1 Å². The number of rotatable bonds is 9. The summed E-state index contributed by atoms with van der Waals surface area (Å²) in [6.07, 6.45) is 2.68. The Kier molecular flexibility index (Phi) is 7.49. The molecule has 3 aromatic rings. The van der Waals surface area contributed by atoms with Gasteiger partial charge in [-0.25, -0.2) is 13.4 Å². The van der Waals surface area contributed by atoms with Crippen LogP contribution in [-0.4, -0.2) is 38.8 Å². The van der Waals surface area contributed by atoms with Crippen LogP contribution in [0.25, 0.3) is 0 Å². The average molecular weight is 477 g/mol. The summed E-state index contributed by atoms with van der Waals surface area (Å²) in [5.74, 6) is 0.901. The Bertz CT molecular complexity index is 1190. The molecule has 1 N–H and O–H groups in total. The van der Waals surface area contributed by atoms with Crippen LogP contribution in [0, 0.1) is 0 Å². The molecule has 0 radical (unpaired) electrons. The molecule has 0 atom stereocenters. The van der Waals surface area contributed by atoms with E-state index in [0.29, 0.717) is 34.6 Å². The first-order valence-corrected chi connectivity index (χ1v) is 12.4. The summed E-state index contributed by atoms with van der Waals surface area (Å²) in [7, 11) is -1.71. The topological polar surface area (TPSA) is 104 Å². The minimum Gasteiger partial charge on any atom is -0.491 e. The maximum atomic E-state index is 12.8. The molecule has 1 aromatic heterocycles. The van der Waals surface area contributed by atoms with Gasteiger partial charge in [-0.05, 0) is 50.2 Å². The molecule has 0 saturated carbocycles. The zero-order valence-electron chi connectivity index (χ0n) is 18.1. The predicted molar refractivity (Wildman–Crippen MR) is 123 cm³/mol. The van der Waals surface area contributed by atoms with E-state index in [4.69, 9.17) is 14.2 Å². The number of aromatic nitrogens is 1. The number of carbonyl (C=O) groups is 1. The number of nitrogens with one attached hydrogen (secondary N) is 1. The first-order valence-electron chi connectivity index (χ1n) is 9.69. The first-order chi connectivity index (χ1) is 15.1. The molecule has 0 spiro atoms. The van der Waals surface area contributed by atoms with Gasteiger partial charge in [0.15, 0.2) is 15.0 Å². The van der Waals surface area contributed by atoms with Gasteiger partial charge in [-0.1, -0.05) is 11.3 Å². The van der Waals surface area contributed by atoms with Crippen molar-refractivity contribution in [2.75, 3.05) is 18.7 Å². The van der Waals surface area contributed by atoms with E-state index in [1.54, 1.807) is 43.6 Å². The van der Waals surface area contributed by atoms with Crippen molar-refractivity contribution in [1.82, 2.24) is 4.98 Å². The molecule has 2 aromatic carbocycles. The van der Waals surface area contributed by atoms with Gasteiger partial charge in [-0.15, -0.1) is 0 Å². The average Bonchev–Trinajstić information content (AvgIpc) is 3.14. The zero-order chi connectivity index (χ0) is 23.3. The predicted octanol–water partition coefficient (Wildman–Crippen LogP) is 4.52. The highest BCUT2D eigenvalue weighted by molar-refractivity contribution is 7.90. The van der Waals surface area contributed by atoms with E-state index in [1.807, 2.05) is 13.8 Å². The highest BCUT2D eigenvalue weighted by atomic mass is 32.2. The number of thiazole rings is 1. The van der Waals surface area contributed by atoms with Crippen molar-refractivity contribution < 1.29 is 27.4 Å². The molecule has 8 nitrogen and oxygen atoms in total. The highest BCUT2D eigenvalue weighted by Gasteiger charge is 2.14. The number of hydrogen-bond donors (Lipinski definition) is 1. The molecule has 3 rings (SSSR count). The smallest absolute Gasteiger partial charge is 0.257 e. The summed E-state index contributed by atoms with van der Waals surface area (Å²) < 4.78 is 40.0. The monoisotopic (exact) mass is 476 g/mol. The molecule has 1 heterocycles. The Hall–Kier alpha value is -2.95. The van der Waals surface area contributed by atoms with Crippen molar-refractivity contribution in [3.63, 3.8) is 0 Å².